The quantitative estimate of drug-likeness (QED) is 0.653. The van der Waals surface area contributed by atoms with Crippen LogP contribution in [0.2, 0.25) is 0 Å². The van der Waals surface area contributed by atoms with Crippen LogP contribution in [0, 0.1) is 0 Å². The van der Waals surface area contributed by atoms with Crippen molar-refractivity contribution in [2.24, 2.45) is 0 Å². The van der Waals surface area contributed by atoms with Gasteiger partial charge in [0.1, 0.15) is 0 Å². The molecule has 0 aliphatic carbocycles. The molecule has 0 saturated heterocycles. The summed E-state index contributed by atoms with van der Waals surface area (Å²) in [6, 6.07) is 7.18. The summed E-state index contributed by atoms with van der Waals surface area (Å²) in [6.07, 6.45) is 3.84. The minimum absolute atomic E-state index is 0.0280. The molecule has 0 aliphatic heterocycles. The van der Waals surface area contributed by atoms with Gasteiger partial charge in [-0.1, -0.05) is 32.4 Å². The average Bonchev–Trinajstić information content (AvgIpc) is 2.44. The lowest BCUT2D eigenvalue weighted by molar-refractivity contribution is 0.544. The summed E-state index contributed by atoms with van der Waals surface area (Å²) in [7, 11) is -3.39. The van der Waals surface area contributed by atoms with Crippen LogP contribution in [0.3, 0.4) is 0 Å². The fourth-order valence-electron chi connectivity index (χ4n) is 2.25. The van der Waals surface area contributed by atoms with E-state index in [0.717, 1.165) is 38.8 Å². The van der Waals surface area contributed by atoms with Gasteiger partial charge in [-0.2, -0.15) is 0 Å². The molecule has 1 unspecified atom stereocenters. The van der Waals surface area contributed by atoms with E-state index in [1.54, 1.807) is 12.1 Å². The molecule has 0 heterocycles. The molecule has 2 N–H and O–H groups in total. The number of hydrogen-bond donors (Lipinski definition) is 2. The Morgan fingerprint density at radius 3 is 2.38 bits per heavy atom. The fraction of sp³-hybridized carbons (Fsp3) is 0.625. The van der Waals surface area contributed by atoms with Crippen molar-refractivity contribution in [3.05, 3.63) is 29.8 Å². The van der Waals surface area contributed by atoms with Crippen LogP contribution in [0.4, 0.5) is 0 Å². The molecule has 5 heteroatoms. The standard InChI is InChI=1S/C16H28N2O2S/c1-4-7-14(3)18-21(19,20)16-11-9-15(10-12-16)8-6-13-17-5-2/h9-12,14,17-18H,4-8,13H2,1-3H3. The second-order valence-corrected chi connectivity index (χ2v) is 7.13. The predicted octanol–water partition coefficient (Wildman–Crippen LogP) is 2.70. The zero-order valence-electron chi connectivity index (χ0n) is 13.4. The van der Waals surface area contributed by atoms with Gasteiger partial charge in [0.05, 0.1) is 4.90 Å². The summed E-state index contributed by atoms with van der Waals surface area (Å²) < 4.78 is 27.1. The van der Waals surface area contributed by atoms with Crippen LogP contribution in [0.1, 0.15) is 45.6 Å². The first-order valence-electron chi connectivity index (χ1n) is 7.81. The SMILES string of the molecule is CCCC(C)NS(=O)(=O)c1ccc(CCCNCC)cc1. The highest BCUT2D eigenvalue weighted by Gasteiger charge is 2.16. The van der Waals surface area contributed by atoms with Crippen molar-refractivity contribution in [3.8, 4) is 0 Å². The lowest BCUT2D eigenvalue weighted by Gasteiger charge is -2.13. The van der Waals surface area contributed by atoms with Gasteiger partial charge in [-0.25, -0.2) is 13.1 Å². The molecule has 1 aromatic carbocycles. The highest BCUT2D eigenvalue weighted by molar-refractivity contribution is 7.89. The Kier molecular flexibility index (Phi) is 7.93. The van der Waals surface area contributed by atoms with Crippen molar-refractivity contribution in [2.45, 2.75) is 57.4 Å². The van der Waals surface area contributed by atoms with Gasteiger partial charge in [-0.15, -0.1) is 0 Å². The van der Waals surface area contributed by atoms with Gasteiger partial charge in [0, 0.05) is 6.04 Å². The fourth-order valence-corrected chi connectivity index (χ4v) is 3.53. The topological polar surface area (TPSA) is 58.2 Å². The first kappa shape index (κ1) is 18.1. The average molecular weight is 312 g/mol. The molecular weight excluding hydrogens is 284 g/mol. The van der Waals surface area contributed by atoms with E-state index in [1.165, 1.54) is 5.56 Å². The maximum Gasteiger partial charge on any atom is 0.240 e. The van der Waals surface area contributed by atoms with Gasteiger partial charge in [0.25, 0.3) is 0 Å². The first-order valence-corrected chi connectivity index (χ1v) is 9.30. The molecule has 0 aliphatic rings. The molecule has 4 nitrogen and oxygen atoms in total. The largest absolute Gasteiger partial charge is 0.317 e. The van der Waals surface area contributed by atoms with Crippen molar-refractivity contribution < 1.29 is 8.42 Å². The third-order valence-electron chi connectivity index (χ3n) is 3.38. The Hall–Kier alpha value is -0.910. The molecule has 21 heavy (non-hydrogen) atoms. The number of rotatable bonds is 10. The monoisotopic (exact) mass is 312 g/mol. The van der Waals surface area contributed by atoms with Gasteiger partial charge in [-0.3, -0.25) is 0 Å². The first-order chi connectivity index (χ1) is 9.99. The van der Waals surface area contributed by atoms with Gasteiger partial charge in [0.15, 0.2) is 0 Å². The number of hydrogen-bond acceptors (Lipinski definition) is 3. The maximum atomic E-state index is 12.2. The Balaban J connectivity index is 2.59. The summed E-state index contributed by atoms with van der Waals surface area (Å²) in [5, 5.41) is 3.28. The van der Waals surface area contributed by atoms with Crippen LogP contribution in [-0.2, 0) is 16.4 Å². The summed E-state index contributed by atoms with van der Waals surface area (Å²) in [4.78, 5) is 0.348. The summed E-state index contributed by atoms with van der Waals surface area (Å²) in [5.41, 5.74) is 1.17. The second-order valence-electron chi connectivity index (χ2n) is 5.41. The molecule has 0 radical (unpaired) electrons. The van der Waals surface area contributed by atoms with Crippen LogP contribution in [-0.4, -0.2) is 27.5 Å². The van der Waals surface area contributed by atoms with E-state index in [9.17, 15) is 8.42 Å². The Morgan fingerprint density at radius 2 is 1.81 bits per heavy atom. The lowest BCUT2D eigenvalue weighted by atomic mass is 10.1. The lowest BCUT2D eigenvalue weighted by Crippen LogP contribution is -2.32. The molecule has 0 bridgehead atoms. The molecule has 1 atom stereocenters. The highest BCUT2D eigenvalue weighted by Crippen LogP contribution is 2.13. The molecule has 0 aromatic heterocycles. The minimum atomic E-state index is -3.39. The number of benzene rings is 1. The molecule has 1 rings (SSSR count). The van der Waals surface area contributed by atoms with Crippen LogP contribution in [0.15, 0.2) is 29.2 Å². The smallest absolute Gasteiger partial charge is 0.240 e. The van der Waals surface area contributed by atoms with Crippen molar-refractivity contribution in [1.29, 1.82) is 0 Å². The number of sulfonamides is 1. The predicted molar refractivity (Wildman–Crippen MR) is 88.0 cm³/mol. The van der Waals surface area contributed by atoms with E-state index in [2.05, 4.69) is 17.0 Å². The molecule has 0 amide bonds. The third-order valence-corrected chi connectivity index (χ3v) is 4.99. The minimum Gasteiger partial charge on any atom is -0.317 e. The Labute approximate surface area is 129 Å². The molecular formula is C16H28N2O2S. The zero-order valence-corrected chi connectivity index (χ0v) is 14.2. The summed E-state index contributed by atoms with van der Waals surface area (Å²) in [5.74, 6) is 0. The van der Waals surface area contributed by atoms with E-state index < -0.39 is 10.0 Å². The van der Waals surface area contributed by atoms with Crippen molar-refractivity contribution in [2.75, 3.05) is 13.1 Å². The molecule has 0 fully saturated rings. The van der Waals surface area contributed by atoms with Crippen molar-refractivity contribution in [3.63, 3.8) is 0 Å². The van der Waals surface area contributed by atoms with E-state index >= 15 is 0 Å². The molecule has 1 aromatic rings. The van der Waals surface area contributed by atoms with Gasteiger partial charge in [0.2, 0.25) is 10.0 Å². The van der Waals surface area contributed by atoms with Crippen LogP contribution in [0.5, 0.6) is 0 Å². The third kappa shape index (κ3) is 6.59. The van der Waals surface area contributed by atoms with Gasteiger partial charge >= 0.3 is 0 Å². The van der Waals surface area contributed by atoms with Gasteiger partial charge in [-0.05, 0) is 57.0 Å². The zero-order chi connectivity index (χ0) is 15.7. The van der Waals surface area contributed by atoms with Crippen LogP contribution >= 0.6 is 0 Å². The highest BCUT2D eigenvalue weighted by atomic mass is 32.2. The van der Waals surface area contributed by atoms with E-state index in [4.69, 9.17) is 0 Å². The van der Waals surface area contributed by atoms with E-state index in [0.29, 0.717) is 4.90 Å². The van der Waals surface area contributed by atoms with Crippen LogP contribution < -0.4 is 10.0 Å². The van der Waals surface area contributed by atoms with Crippen molar-refractivity contribution in [1.82, 2.24) is 10.0 Å². The molecule has 0 saturated carbocycles. The summed E-state index contributed by atoms with van der Waals surface area (Å²) in [6.45, 7) is 8.01. The van der Waals surface area contributed by atoms with Crippen LogP contribution in [0.25, 0.3) is 0 Å². The molecule has 120 valence electrons. The summed E-state index contributed by atoms with van der Waals surface area (Å²) >= 11 is 0. The Bertz CT molecular complexity index is 498. The normalized spacial score (nSPS) is 13.3. The maximum absolute atomic E-state index is 12.2. The van der Waals surface area contributed by atoms with Crippen molar-refractivity contribution >= 4 is 10.0 Å². The second kappa shape index (κ2) is 9.18. The Morgan fingerprint density at radius 1 is 1.14 bits per heavy atom. The van der Waals surface area contributed by atoms with Gasteiger partial charge < -0.3 is 5.32 Å². The number of aryl methyl sites for hydroxylation is 1. The molecule has 0 spiro atoms. The van der Waals surface area contributed by atoms with E-state index in [1.807, 2.05) is 26.0 Å². The number of nitrogens with one attached hydrogen (secondary N) is 2. The van der Waals surface area contributed by atoms with E-state index in [-0.39, 0.29) is 6.04 Å².